The number of carbonyl (C=O) groups is 2. The van der Waals surface area contributed by atoms with Crippen LogP contribution in [0.3, 0.4) is 0 Å². The molecule has 166 valence electrons. The molecule has 2 fully saturated rings. The summed E-state index contributed by atoms with van der Waals surface area (Å²) >= 11 is 5.18. The van der Waals surface area contributed by atoms with Crippen molar-refractivity contribution in [2.75, 3.05) is 0 Å². The quantitative estimate of drug-likeness (QED) is 0.223. The number of unbranched alkanes of at least 4 members (excludes halogenated alkanes) is 1. The molecule has 2 heterocycles. The summed E-state index contributed by atoms with van der Waals surface area (Å²) in [6.07, 6.45) is 10.8. The maximum absolute atomic E-state index is 13.0. The molecular weight excluding hydrogens is 446 g/mol. The number of nitrogens with one attached hydrogen (secondary N) is 1. The number of hydrogen-bond donors (Lipinski definition) is 2. The summed E-state index contributed by atoms with van der Waals surface area (Å²) in [6, 6.07) is 8.51. The Morgan fingerprint density at radius 3 is 2.87 bits per heavy atom. The van der Waals surface area contributed by atoms with Crippen LogP contribution in [-0.4, -0.2) is 23.0 Å². The van der Waals surface area contributed by atoms with Gasteiger partial charge in [0.05, 0.1) is 9.09 Å². The average Bonchev–Trinajstić information content (AvgIpc) is 3.54. The Kier molecular flexibility index (Phi) is 7.91. The van der Waals surface area contributed by atoms with Crippen LogP contribution in [-0.2, 0) is 10.5 Å². The first kappa shape index (κ1) is 22.6. The zero-order chi connectivity index (χ0) is 21.6. The molecule has 31 heavy (non-hydrogen) atoms. The lowest BCUT2D eigenvalue weighted by molar-refractivity contribution is -0.137. The molecule has 1 amide bonds. The highest BCUT2D eigenvalue weighted by atomic mass is 32.2. The van der Waals surface area contributed by atoms with Crippen LogP contribution in [0.1, 0.15) is 59.5 Å². The van der Waals surface area contributed by atoms with E-state index >= 15 is 0 Å². The van der Waals surface area contributed by atoms with E-state index in [9.17, 15) is 9.59 Å². The van der Waals surface area contributed by atoms with Gasteiger partial charge in [-0.1, -0.05) is 18.2 Å². The third-order valence-corrected chi connectivity index (χ3v) is 9.91. The van der Waals surface area contributed by atoms with Crippen LogP contribution in [0.4, 0.5) is 0 Å². The molecule has 2 aliphatic rings. The van der Waals surface area contributed by atoms with Crippen LogP contribution < -0.4 is 5.32 Å². The van der Waals surface area contributed by atoms with E-state index in [1.54, 1.807) is 22.7 Å². The monoisotopic (exact) mass is 475 g/mol. The topological polar surface area (TPSA) is 66.4 Å². The molecule has 7 heteroatoms. The van der Waals surface area contributed by atoms with Gasteiger partial charge < -0.3 is 10.4 Å². The van der Waals surface area contributed by atoms with Gasteiger partial charge in [-0.3, -0.25) is 9.59 Å². The Labute approximate surface area is 196 Å². The Hall–Kier alpha value is -1.57. The average molecular weight is 476 g/mol. The SMILES string of the molecule is O=C(O)CCC/C=C/CC1C2CCC(C2)C1NC(=O)c1ccc(CSc2cccs2)s1. The van der Waals surface area contributed by atoms with Gasteiger partial charge in [-0.2, -0.15) is 0 Å². The molecule has 0 saturated heterocycles. The number of thioether (sulfide) groups is 1. The van der Waals surface area contributed by atoms with Gasteiger partial charge in [-0.25, -0.2) is 0 Å². The van der Waals surface area contributed by atoms with E-state index in [1.807, 2.05) is 17.8 Å². The van der Waals surface area contributed by atoms with Gasteiger partial charge >= 0.3 is 5.97 Å². The van der Waals surface area contributed by atoms with Crippen LogP contribution in [0.25, 0.3) is 0 Å². The second-order valence-corrected chi connectivity index (χ2v) is 11.9. The van der Waals surface area contributed by atoms with Crippen LogP contribution in [0.2, 0.25) is 0 Å². The van der Waals surface area contributed by atoms with Crippen molar-refractivity contribution in [3.05, 3.63) is 51.6 Å². The number of carboxylic acids is 1. The number of carboxylic acid groups (broad SMARTS) is 1. The number of fused-ring (bicyclic) bond motifs is 2. The summed E-state index contributed by atoms with van der Waals surface area (Å²) in [4.78, 5) is 25.6. The molecular formula is C24H29NO3S3. The Morgan fingerprint density at radius 1 is 1.19 bits per heavy atom. The third kappa shape index (κ3) is 6.02. The van der Waals surface area contributed by atoms with Crippen molar-refractivity contribution in [1.29, 1.82) is 0 Å². The third-order valence-electron chi connectivity index (χ3n) is 6.46. The van der Waals surface area contributed by atoms with Crippen LogP contribution in [0.5, 0.6) is 0 Å². The Bertz CT molecular complexity index is 905. The van der Waals surface area contributed by atoms with Crippen LogP contribution in [0.15, 0.2) is 46.0 Å². The largest absolute Gasteiger partial charge is 0.481 e. The normalized spacial score (nSPS) is 24.8. The minimum Gasteiger partial charge on any atom is -0.481 e. The van der Waals surface area contributed by atoms with Gasteiger partial charge in [-0.05, 0) is 79.9 Å². The number of thiophene rings is 2. The highest BCUT2D eigenvalue weighted by Crippen LogP contribution is 2.50. The van der Waals surface area contributed by atoms with E-state index in [-0.39, 0.29) is 18.4 Å². The highest BCUT2D eigenvalue weighted by Gasteiger charge is 2.47. The molecule has 0 spiro atoms. The van der Waals surface area contributed by atoms with E-state index in [0.29, 0.717) is 24.2 Å². The summed E-state index contributed by atoms with van der Waals surface area (Å²) in [5, 5.41) is 14.2. The highest BCUT2D eigenvalue weighted by molar-refractivity contribution is 8.00. The lowest BCUT2D eigenvalue weighted by Crippen LogP contribution is -2.43. The number of hydrogen-bond acceptors (Lipinski definition) is 5. The van der Waals surface area contributed by atoms with Crippen LogP contribution >= 0.6 is 34.4 Å². The first-order valence-corrected chi connectivity index (χ1v) is 13.7. The van der Waals surface area contributed by atoms with Crippen molar-refractivity contribution in [2.45, 2.75) is 60.9 Å². The Balaban J connectivity index is 1.29. The first-order chi connectivity index (χ1) is 15.1. The zero-order valence-corrected chi connectivity index (χ0v) is 19.9. The molecule has 4 unspecified atom stereocenters. The molecule has 2 aromatic heterocycles. The summed E-state index contributed by atoms with van der Waals surface area (Å²) in [5.41, 5.74) is 0. The lowest BCUT2D eigenvalue weighted by Gasteiger charge is -2.31. The van der Waals surface area contributed by atoms with Crippen molar-refractivity contribution >= 4 is 46.3 Å². The second-order valence-electron chi connectivity index (χ2n) is 8.48. The number of carbonyl (C=O) groups excluding carboxylic acids is 1. The van der Waals surface area contributed by atoms with Gasteiger partial charge in [0.25, 0.3) is 5.91 Å². The fourth-order valence-electron chi connectivity index (χ4n) is 5.00. The molecule has 2 bridgehead atoms. The Morgan fingerprint density at radius 2 is 2.06 bits per heavy atom. The second kappa shape index (κ2) is 10.8. The van der Waals surface area contributed by atoms with Crippen molar-refractivity contribution in [3.63, 3.8) is 0 Å². The fraction of sp³-hybridized carbons (Fsp3) is 0.500. The van der Waals surface area contributed by atoms with Gasteiger partial charge in [0, 0.05) is 23.1 Å². The molecule has 2 aromatic rings. The standard InChI is InChI=1S/C24H29NO3S3/c26-21(27)7-4-2-1-3-6-19-16-9-10-17(14-16)23(19)25-24(28)20-12-11-18(31-20)15-30-22-8-5-13-29-22/h1,3,5,8,11-13,16-17,19,23H,2,4,6-7,9-10,14-15H2,(H,25,28)(H,26,27)/b3-1+. The molecule has 0 radical (unpaired) electrons. The minimum absolute atomic E-state index is 0.0744. The zero-order valence-electron chi connectivity index (χ0n) is 17.5. The van der Waals surface area contributed by atoms with Crippen molar-refractivity contribution in [3.8, 4) is 0 Å². The summed E-state index contributed by atoms with van der Waals surface area (Å²) in [6.45, 7) is 0. The maximum Gasteiger partial charge on any atom is 0.303 e. The lowest BCUT2D eigenvalue weighted by atomic mass is 9.82. The summed E-state index contributed by atoms with van der Waals surface area (Å²) in [5.74, 6) is 2.07. The number of amides is 1. The van der Waals surface area contributed by atoms with Crippen molar-refractivity contribution in [1.82, 2.24) is 5.32 Å². The number of allylic oxidation sites excluding steroid dienone is 2. The predicted octanol–water partition coefficient (Wildman–Crippen LogP) is 6.45. The van der Waals surface area contributed by atoms with E-state index in [1.165, 1.54) is 28.3 Å². The molecule has 0 aromatic carbocycles. The molecule has 4 rings (SSSR count). The number of rotatable bonds is 11. The van der Waals surface area contributed by atoms with E-state index in [0.717, 1.165) is 23.5 Å². The molecule has 4 nitrogen and oxygen atoms in total. The van der Waals surface area contributed by atoms with Crippen molar-refractivity contribution in [2.24, 2.45) is 17.8 Å². The van der Waals surface area contributed by atoms with Gasteiger partial charge in [-0.15, -0.1) is 34.4 Å². The minimum atomic E-state index is -0.730. The molecule has 0 aliphatic heterocycles. The summed E-state index contributed by atoms with van der Waals surface area (Å²) < 4.78 is 1.31. The molecule has 2 saturated carbocycles. The smallest absolute Gasteiger partial charge is 0.303 e. The first-order valence-electron chi connectivity index (χ1n) is 11.0. The predicted molar refractivity (Wildman–Crippen MR) is 129 cm³/mol. The van der Waals surface area contributed by atoms with E-state index < -0.39 is 5.97 Å². The fourth-order valence-corrected chi connectivity index (χ4v) is 7.74. The number of aliphatic carboxylic acids is 1. The molecule has 2 aliphatic carbocycles. The van der Waals surface area contributed by atoms with Gasteiger partial charge in [0.15, 0.2) is 0 Å². The molecule has 4 atom stereocenters. The van der Waals surface area contributed by atoms with Crippen molar-refractivity contribution < 1.29 is 14.7 Å². The van der Waals surface area contributed by atoms with E-state index in [4.69, 9.17) is 5.11 Å². The van der Waals surface area contributed by atoms with Gasteiger partial charge in [0.1, 0.15) is 0 Å². The maximum atomic E-state index is 13.0. The molecule has 2 N–H and O–H groups in total. The summed E-state index contributed by atoms with van der Waals surface area (Å²) in [7, 11) is 0. The van der Waals surface area contributed by atoms with Crippen LogP contribution in [0, 0.1) is 17.8 Å². The van der Waals surface area contributed by atoms with Gasteiger partial charge in [0.2, 0.25) is 0 Å². The van der Waals surface area contributed by atoms with E-state index in [2.05, 4.69) is 41.0 Å².